The molecule has 0 aliphatic carbocycles. The van der Waals surface area contributed by atoms with Crippen molar-refractivity contribution >= 4 is 16.4 Å². The van der Waals surface area contributed by atoms with E-state index < -0.39 is 0 Å². The van der Waals surface area contributed by atoms with Gasteiger partial charge in [0.15, 0.2) is 0 Å². The third kappa shape index (κ3) is 2.89. The van der Waals surface area contributed by atoms with Crippen LogP contribution < -0.4 is 5.56 Å². The van der Waals surface area contributed by atoms with E-state index in [9.17, 15) is 4.79 Å². The Morgan fingerprint density at radius 1 is 0.833 bits per heavy atom. The van der Waals surface area contributed by atoms with Crippen LogP contribution in [-0.4, -0.2) is 14.4 Å². The molecule has 0 atom stereocenters. The van der Waals surface area contributed by atoms with Crippen LogP contribution in [-0.2, 0) is 0 Å². The number of aromatic nitrogens is 3. The maximum Gasteiger partial charge on any atom is 0.273 e. The SMILES string of the molecule is Cc1cc(C)c(-c2cc(=O)nc3c4ccnc(-c5ccccc5)c4ccn23)c(C)c1. The minimum absolute atomic E-state index is 0.241. The van der Waals surface area contributed by atoms with Gasteiger partial charge in [0, 0.05) is 40.4 Å². The minimum atomic E-state index is -0.241. The number of nitrogens with zero attached hydrogens (tertiary/aromatic N) is 3. The first kappa shape index (κ1) is 18.3. The molecule has 0 saturated heterocycles. The molecule has 0 amide bonds. The van der Waals surface area contributed by atoms with Gasteiger partial charge in [0.2, 0.25) is 0 Å². The van der Waals surface area contributed by atoms with E-state index in [2.05, 4.69) is 48.9 Å². The molecule has 0 aliphatic rings. The van der Waals surface area contributed by atoms with Gasteiger partial charge in [-0.2, -0.15) is 4.98 Å². The van der Waals surface area contributed by atoms with E-state index in [-0.39, 0.29) is 5.56 Å². The molecular weight excluding hydrogens is 370 g/mol. The van der Waals surface area contributed by atoms with Gasteiger partial charge in [-0.25, -0.2) is 0 Å². The van der Waals surface area contributed by atoms with Crippen molar-refractivity contribution in [3.05, 3.63) is 100 Å². The molecule has 3 heterocycles. The normalized spacial score (nSPS) is 11.3. The summed E-state index contributed by atoms with van der Waals surface area (Å²) in [5.74, 6) is 0. The fourth-order valence-corrected chi connectivity index (χ4v) is 4.42. The lowest BCUT2D eigenvalue weighted by Gasteiger charge is -2.16. The number of fused-ring (bicyclic) bond motifs is 3. The standard InChI is InChI=1S/C26H21N3O/c1-16-13-17(2)24(18(3)14-16)22-15-23(30)28-26-21-9-11-27-25(19-7-5-4-6-8-19)20(21)10-12-29(22)26/h4-15H,1-3H3. The summed E-state index contributed by atoms with van der Waals surface area (Å²) in [4.78, 5) is 21.6. The van der Waals surface area contributed by atoms with E-state index in [0.717, 1.165) is 44.4 Å². The van der Waals surface area contributed by atoms with Crippen LogP contribution in [0.4, 0.5) is 0 Å². The lowest BCUT2D eigenvalue weighted by molar-refractivity contribution is 1.08. The molecule has 5 aromatic rings. The van der Waals surface area contributed by atoms with Crippen molar-refractivity contribution in [1.82, 2.24) is 14.4 Å². The highest BCUT2D eigenvalue weighted by molar-refractivity contribution is 6.01. The monoisotopic (exact) mass is 391 g/mol. The summed E-state index contributed by atoms with van der Waals surface area (Å²) in [6.07, 6.45) is 3.78. The number of aryl methyl sites for hydroxylation is 3. The zero-order chi connectivity index (χ0) is 20.8. The van der Waals surface area contributed by atoms with Crippen molar-refractivity contribution in [2.24, 2.45) is 0 Å². The summed E-state index contributed by atoms with van der Waals surface area (Å²) in [5, 5.41) is 1.89. The molecule has 3 aromatic heterocycles. The molecule has 0 bridgehead atoms. The van der Waals surface area contributed by atoms with Gasteiger partial charge in [0.1, 0.15) is 5.65 Å². The zero-order valence-electron chi connectivity index (χ0n) is 17.2. The van der Waals surface area contributed by atoms with Crippen molar-refractivity contribution in [2.75, 3.05) is 0 Å². The quantitative estimate of drug-likeness (QED) is 0.373. The van der Waals surface area contributed by atoms with Crippen LogP contribution in [0.1, 0.15) is 16.7 Å². The van der Waals surface area contributed by atoms with Crippen LogP contribution in [0, 0.1) is 20.8 Å². The Balaban J connectivity index is 1.87. The second-order valence-electron chi connectivity index (χ2n) is 7.75. The Kier molecular flexibility index (Phi) is 4.21. The first-order valence-corrected chi connectivity index (χ1v) is 9.98. The van der Waals surface area contributed by atoms with Crippen LogP contribution in [0.3, 0.4) is 0 Å². The molecule has 0 spiro atoms. The molecule has 0 aliphatic heterocycles. The van der Waals surface area contributed by atoms with Crippen molar-refractivity contribution in [3.63, 3.8) is 0 Å². The van der Waals surface area contributed by atoms with Gasteiger partial charge in [-0.05, 0) is 44.0 Å². The number of hydrogen-bond acceptors (Lipinski definition) is 3. The van der Waals surface area contributed by atoms with Gasteiger partial charge in [0.25, 0.3) is 5.56 Å². The van der Waals surface area contributed by atoms with Crippen molar-refractivity contribution < 1.29 is 0 Å². The topological polar surface area (TPSA) is 47.3 Å². The summed E-state index contributed by atoms with van der Waals surface area (Å²) >= 11 is 0. The average molecular weight is 391 g/mol. The highest BCUT2D eigenvalue weighted by Gasteiger charge is 2.15. The smallest absolute Gasteiger partial charge is 0.273 e. The van der Waals surface area contributed by atoms with Gasteiger partial charge < -0.3 is 4.40 Å². The lowest BCUT2D eigenvalue weighted by Crippen LogP contribution is -2.11. The summed E-state index contributed by atoms with van der Waals surface area (Å²) in [6.45, 7) is 6.27. The van der Waals surface area contributed by atoms with E-state index >= 15 is 0 Å². The van der Waals surface area contributed by atoms with E-state index in [1.54, 1.807) is 12.3 Å². The fourth-order valence-electron chi connectivity index (χ4n) is 4.42. The first-order chi connectivity index (χ1) is 14.5. The third-order valence-corrected chi connectivity index (χ3v) is 5.57. The van der Waals surface area contributed by atoms with Gasteiger partial charge in [-0.15, -0.1) is 0 Å². The van der Waals surface area contributed by atoms with Crippen LogP contribution in [0.2, 0.25) is 0 Å². The maximum atomic E-state index is 12.6. The molecular formula is C26H21N3O. The molecule has 0 unspecified atom stereocenters. The Morgan fingerprint density at radius 3 is 2.30 bits per heavy atom. The molecule has 0 saturated carbocycles. The molecule has 0 N–H and O–H groups in total. The van der Waals surface area contributed by atoms with Gasteiger partial charge in [0.05, 0.1) is 11.4 Å². The van der Waals surface area contributed by atoms with E-state index in [4.69, 9.17) is 0 Å². The Morgan fingerprint density at radius 2 is 1.57 bits per heavy atom. The summed E-state index contributed by atoms with van der Waals surface area (Å²) < 4.78 is 2.02. The molecule has 4 heteroatoms. The number of pyridine rings is 2. The van der Waals surface area contributed by atoms with E-state index in [1.807, 2.05) is 47.0 Å². The number of benzene rings is 2. The molecule has 2 aromatic carbocycles. The van der Waals surface area contributed by atoms with Crippen LogP contribution in [0.15, 0.2) is 77.9 Å². The average Bonchev–Trinajstić information content (AvgIpc) is 2.73. The highest BCUT2D eigenvalue weighted by atomic mass is 16.1. The van der Waals surface area contributed by atoms with Crippen LogP contribution >= 0.6 is 0 Å². The summed E-state index contributed by atoms with van der Waals surface area (Å²) in [5.41, 5.74) is 7.77. The first-order valence-electron chi connectivity index (χ1n) is 9.98. The van der Waals surface area contributed by atoms with Crippen molar-refractivity contribution in [3.8, 4) is 22.5 Å². The zero-order valence-corrected chi connectivity index (χ0v) is 17.2. The summed E-state index contributed by atoms with van der Waals surface area (Å²) in [6, 6.07) is 20.0. The Labute approximate surface area is 174 Å². The molecule has 4 nitrogen and oxygen atoms in total. The third-order valence-electron chi connectivity index (χ3n) is 5.57. The van der Waals surface area contributed by atoms with Crippen molar-refractivity contribution in [2.45, 2.75) is 20.8 Å². The van der Waals surface area contributed by atoms with Crippen LogP contribution in [0.25, 0.3) is 38.9 Å². The predicted molar refractivity (Wildman–Crippen MR) is 122 cm³/mol. The lowest BCUT2D eigenvalue weighted by atomic mass is 9.96. The fraction of sp³-hybridized carbons (Fsp3) is 0.115. The van der Waals surface area contributed by atoms with E-state index in [1.165, 1.54) is 5.56 Å². The highest BCUT2D eigenvalue weighted by Crippen LogP contribution is 2.32. The predicted octanol–water partition coefficient (Wildman–Crippen LogP) is 5.50. The Bertz CT molecular complexity index is 1460. The molecule has 5 rings (SSSR count). The number of hydrogen-bond donors (Lipinski definition) is 0. The van der Waals surface area contributed by atoms with Gasteiger partial charge in [-0.1, -0.05) is 48.0 Å². The van der Waals surface area contributed by atoms with E-state index in [0.29, 0.717) is 5.65 Å². The van der Waals surface area contributed by atoms with Gasteiger partial charge in [-0.3, -0.25) is 9.78 Å². The van der Waals surface area contributed by atoms with Crippen molar-refractivity contribution in [1.29, 1.82) is 0 Å². The maximum absolute atomic E-state index is 12.6. The Hall–Kier alpha value is -3.79. The van der Waals surface area contributed by atoms with Gasteiger partial charge >= 0.3 is 0 Å². The number of rotatable bonds is 2. The molecule has 0 fully saturated rings. The molecule has 30 heavy (non-hydrogen) atoms. The second kappa shape index (κ2) is 6.92. The largest absolute Gasteiger partial charge is 0.300 e. The van der Waals surface area contributed by atoms with Crippen LogP contribution in [0.5, 0.6) is 0 Å². The minimum Gasteiger partial charge on any atom is -0.300 e. The second-order valence-corrected chi connectivity index (χ2v) is 7.75. The molecule has 0 radical (unpaired) electrons. The molecule has 146 valence electrons. The summed E-state index contributed by atoms with van der Waals surface area (Å²) in [7, 11) is 0.